The van der Waals surface area contributed by atoms with Crippen LogP contribution in [0, 0.1) is 0 Å². The molecule has 2 heterocycles. The number of hydrogen-bond donors (Lipinski definition) is 1. The van der Waals surface area contributed by atoms with Crippen LogP contribution < -0.4 is 13.8 Å². The smallest absolute Gasteiger partial charge is 0.348 e. The summed E-state index contributed by atoms with van der Waals surface area (Å²) in [5.41, 5.74) is 0.229. The van der Waals surface area contributed by atoms with Gasteiger partial charge in [-0.25, -0.2) is 13.8 Å². The highest BCUT2D eigenvalue weighted by atomic mass is 32.2. The number of benzene rings is 1. The molecule has 1 N–H and O–H groups in total. The van der Waals surface area contributed by atoms with Crippen molar-refractivity contribution in [3.05, 3.63) is 23.1 Å². The summed E-state index contributed by atoms with van der Waals surface area (Å²) < 4.78 is 37.5. The number of methoxy groups -OCH3 is 2. The van der Waals surface area contributed by atoms with E-state index in [4.69, 9.17) is 4.74 Å². The maximum absolute atomic E-state index is 12.0. The Labute approximate surface area is 135 Å². The molecule has 0 spiro atoms. The Hall–Kier alpha value is -2.33. The Morgan fingerprint density at radius 3 is 2.61 bits per heavy atom. The number of fused-ring (bicyclic) bond motifs is 1. The van der Waals surface area contributed by atoms with Crippen molar-refractivity contribution in [1.29, 1.82) is 0 Å². The van der Waals surface area contributed by atoms with E-state index in [0.717, 1.165) is 9.01 Å². The van der Waals surface area contributed by atoms with Gasteiger partial charge in [-0.2, -0.15) is 8.42 Å². The molecule has 2 aromatic rings. The first-order chi connectivity index (χ1) is 10.9. The molecule has 0 unspecified atom stereocenters. The minimum atomic E-state index is -3.94. The predicted octanol–water partition coefficient (Wildman–Crippen LogP) is 0.877. The number of esters is 1. The van der Waals surface area contributed by atoms with Crippen molar-refractivity contribution in [2.45, 2.75) is 0 Å². The fraction of sp³-hybridized carbons (Fsp3) is 0.231. The molecule has 0 aliphatic carbocycles. The monoisotopic (exact) mass is 356 g/mol. The second-order valence-electron chi connectivity index (χ2n) is 4.70. The van der Waals surface area contributed by atoms with E-state index in [-0.39, 0.29) is 18.0 Å². The minimum absolute atomic E-state index is 0.229. The zero-order valence-corrected chi connectivity index (χ0v) is 13.8. The van der Waals surface area contributed by atoms with E-state index in [0.29, 0.717) is 10.3 Å². The molecule has 1 fully saturated rings. The van der Waals surface area contributed by atoms with Crippen molar-refractivity contribution < 1.29 is 27.5 Å². The van der Waals surface area contributed by atoms with Crippen molar-refractivity contribution in [2.24, 2.45) is 0 Å². The van der Waals surface area contributed by atoms with E-state index in [2.05, 4.69) is 4.74 Å². The highest BCUT2D eigenvalue weighted by Gasteiger charge is 2.36. The SMILES string of the molecule is COC(=O)c1cc2cc(N3CC(=O)NS3(=O)=O)c(OC)cc2s1. The quantitative estimate of drug-likeness (QED) is 0.819. The summed E-state index contributed by atoms with van der Waals surface area (Å²) in [7, 11) is -1.25. The number of anilines is 1. The molecule has 0 bridgehead atoms. The second kappa shape index (κ2) is 5.39. The van der Waals surface area contributed by atoms with Gasteiger partial charge in [0.15, 0.2) is 0 Å². The highest BCUT2D eigenvalue weighted by Crippen LogP contribution is 2.38. The molecule has 122 valence electrons. The number of nitrogens with zero attached hydrogens (tertiary/aromatic N) is 1. The lowest BCUT2D eigenvalue weighted by Crippen LogP contribution is -2.29. The van der Waals surface area contributed by atoms with Crippen LogP contribution in [0.5, 0.6) is 5.75 Å². The lowest BCUT2D eigenvalue weighted by Gasteiger charge is -2.17. The second-order valence-corrected chi connectivity index (χ2v) is 7.38. The molecule has 10 heteroatoms. The zero-order chi connectivity index (χ0) is 16.8. The van der Waals surface area contributed by atoms with Crippen LogP contribution in [-0.2, 0) is 19.7 Å². The van der Waals surface area contributed by atoms with Crippen molar-refractivity contribution in [2.75, 3.05) is 25.1 Å². The van der Waals surface area contributed by atoms with Crippen LogP contribution in [0.15, 0.2) is 18.2 Å². The normalized spacial score (nSPS) is 16.4. The van der Waals surface area contributed by atoms with E-state index < -0.39 is 22.1 Å². The van der Waals surface area contributed by atoms with E-state index in [9.17, 15) is 18.0 Å². The van der Waals surface area contributed by atoms with Gasteiger partial charge in [-0.1, -0.05) is 0 Å². The van der Waals surface area contributed by atoms with Gasteiger partial charge in [0.05, 0.1) is 19.9 Å². The molecule has 0 saturated carbocycles. The third-order valence-corrected chi connectivity index (χ3v) is 5.76. The molecular formula is C13H12N2O6S2. The van der Waals surface area contributed by atoms with Crippen molar-refractivity contribution in [3.8, 4) is 5.75 Å². The number of amides is 1. The third-order valence-electron chi connectivity index (χ3n) is 3.29. The molecule has 1 aliphatic heterocycles. The van der Waals surface area contributed by atoms with Crippen LogP contribution in [0.25, 0.3) is 10.1 Å². The molecule has 0 radical (unpaired) electrons. The first-order valence-corrected chi connectivity index (χ1v) is 8.64. The van der Waals surface area contributed by atoms with Gasteiger partial charge in [0.25, 0.3) is 5.91 Å². The standard InChI is InChI=1S/C13H12N2O6S2/c1-20-9-5-10-7(4-11(22-10)13(17)21-2)3-8(9)15-6-12(16)14-23(15,18)19/h3-5H,6H2,1-2H3,(H,14,16). The Morgan fingerprint density at radius 2 is 2.04 bits per heavy atom. The average Bonchev–Trinajstić information content (AvgIpc) is 3.03. The average molecular weight is 356 g/mol. The summed E-state index contributed by atoms with van der Waals surface area (Å²) in [5.74, 6) is -0.805. The lowest BCUT2D eigenvalue weighted by atomic mass is 10.2. The molecule has 1 amide bonds. The fourth-order valence-electron chi connectivity index (χ4n) is 2.28. The van der Waals surface area contributed by atoms with Crippen molar-refractivity contribution in [1.82, 2.24) is 4.72 Å². The summed E-state index contributed by atoms with van der Waals surface area (Å²) >= 11 is 1.21. The number of rotatable bonds is 3. The Bertz CT molecular complexity index is 918. The van der Waals surface area contributed by atoms with Crippen LogP contribution in [-0.4, -0.2) is 41.1 Å². The summed E-state index contributed by atoms with van der Waals surface area (Å²) in [6, 6.07) is 4.79. The Kier molecular flexibility index (Phi) is 3.65. The van der Waals surface area contributed by atoms with Gasteiger partial charge in [0, 0.05) is 10.8 Å². The summed E-state index contributed by atoms with van der Waals surface area (Å²) in [4.78, 5) is 23.4. The lowest BCUT2D eigenvalue weighted by molar-refractivity contribution is -0.117. The maximum Gasteiger partial charge on any atom is 0.348 e. The maximum atomic E-state index is 12.0. The van der Waals surface area contributed by atoms with Gasteiger partial charge in [-0.3, -0.25) is 4.79 Å². The van der Waals surface area contributed by atoms with E-state index >= 15 is 0 Å². The number of carbonyl (C=O) groups excluding carboxylic acids is 2. The van der Waals surface area contributed by atoms with Gasteiger partial charge >= 0.3 is 16.2 Å². The minimum Gasteiger partial charge on any atom is -0.494 e. The number of nitrogens with one attached hydrogen (secondary N) is 1. The predicted molar refractivity (Wildman–Crippen MR) is 84.1 cm³/mol. The Balaban J connectivity index is 2.17. The number of ether oxygens (including phenoxy) is 2. The van der Waals surface area contributed by atoms with Gasteiger partial charge in [0.1, 0.15) is 17.2 Å². The van der Waals surface area contributed by atoms with Crippen LogP contribution in [0.4, 0.5) is 5.69 Å². The molecule has 23 heavy (non-hydrogen) atoms. The molecule has 1 aromatic carbocycles. The van der Waals surface area contributed by atoms with Crippen LogP contribution in [0.3, 0.4) is 0 Å². The largest absolute Gasteiger partial charge is 0.494 e. The first-order valence-electron chi connectivity index (χ1n) is 6.39. The molecule has 3 rings (SSSR count). The van der Waals surface area contributed by atoms with Gasteiger partial charge in [0.2, 0.25) is 0 Å². The first kappa shape index (κ1) is 15.6. The molecule has 1 saturated heterocycles. The molecule has 0 atom stereocenters. The molecular weight excluding hydrogens is 344 g/mol. The van der Waals surface area contributed by atoms with Crippen LogP contribution >= 0.6 is 11.3 Å². The van der Waals surface area contributed by atoms with E-state index in [1.165, 1.54) is 25.6 Å². The van der Waals surface area contributed by atoms with Crippen molar-refractivity contribution >= 4 is 49.2 Å². The molecule has 1 aromatic heterocycles. The number of carbonyl (C=O) groups is 2. The highest BCUT2D eigenvalue weighted by molar-refractivity contribution is 7.92. The van der Waals surface area contributed by atoms with E-state index in [1.54, 1.807) is 18.2 Å². The Morgan fingerprint density at radius 1 is 1.30 bits per heavy atom. The number of hydrogen-bond acceptors (Lipinski definition) is 7. The van der Waals surface area contributed by atoms with Crippen LogP contribution in [0.2, 0.25) is 0 Å². The summed E-state index contributed by atoms with van der Waals surface area (Å²) in [5, 5.41) is 0.653. The zero-order valence-electron chi connectivity index (χ0n) is 12.2. The number of thiophene rings is 1. The van der Waals surface area contributed by atoms with Gasteiger partial charge in [-0.15, -0.1) is 11.3 Å². The van der Waals surface area contributed by atoms with Crippen molar-refractivity contribution in [3.63, 3.8) is 0 Å². The van der Waals surface area contributed by atoms with Gasteiger partial charge < -0.3 is 9.47 Å². The molecule has 1 aliphatic rings. The topological polar surface area (TPSA) is 102 Å². The third kappa shape index (κ3) is 2.59. The summed E-state index contributed by atoms with van der Waals surface area (Å²) in [6.07, 6.45) is 0. The summed E-state index contributed by atoms with van der Waals surface area (Å²) in [6.45, 7) is -0.321. The molecule has 8 nitrogen and oxygen atoms in total. The van der Waals surface area contributed by atoms with Crippen LogP contribution in [0.1, 0.15) is 9.67 Å². The van der Waals surface area contributed by atoms with Gasteiger partial charge in [-0.05, 0) is 17.5 Å². The fourth-order valence-corrected chi connectivity index (χ4v) is 4.42. The van der Waals surface area contributed by atoms with E-state index in [1.807, 2.05) is 4.72 Å².